The van der Waals surface area contributed by atoms with Crippen LogP contribution in [0.25, 0.3) is 11.3 Å². The van der Waals surface area contributed by atoms with Gasteiger partial charge in [0.1, 0.15) is 0 Å². The first-order valence-electron chi connectivity index (χ1n) is 4.91. The summed E-state index contributed by atoms with van der Waals surface area (Å²) >= 11 is 0. The fourth-order valence-electron chi connectivity index (χ4n) is 1.48. The topological polar surface area (TPSA) is 56.9 Å². The Labute approximate surface area is 93.6 Å². The van der Waals surface area contributed by atoms with Crippen molar-refractivity contribution in [3.05, 3.63) is 53.7 Å². The van der Waals surface area contributed by atoms with Crippen LogP contribution in [0.15, 0.2) is 42.5 Å². The molecular formula is C13H10N2O. The molecule has 78 valence electrons. The molecule has 16 heavy (non-hydrogen) atoms. The Bertz CT molecular complexity index is 544. The molecule has 0 amide bonds. The fraction of sp³-hybridized carbons (Fsp3) is 0.0769. The number of aromatic nitrogens is 1. The highest BCUT2D eigenvalue weighted by molar-refractivity contribution is 5.61. The van der Waals surface area contributed by atoms with E-state index in [1.807, 2.05) is 24.3 Å². The molecule has 1 aromatic heterocycles. The van der Waals surface area contributed by atoms with E-state index in [0.29, 0.717) is 11.3 Å². The van der Waals surface area contributed by atoms with Crippen molar-refractivity contribution < 1.29 is 5.11 Å². The number of aliphatic hydroxyl groups excluding tert-OH is 1. The van der Waals surface area contributed by atoms with Gasteiger partial charge in [-0.2, -0.15) is 5.26 Å². The summed E-state index contributed by atoms with van der Waals surface area (Å²) < 4.78 is 0. The second-order valence-electron chi connectivity index (χ2n) is 3.36. The minimum Gasteiger partial charge on any atom is -0.390 e. The molecule has 0 saturated carbocycles. The molecule has 0 unspecified atom stereocenters. The van der Waals surface area contributed by atoms with E-state index in [4.69, 9.17) is 10.4 Å². The first kappa shape index (κ1) is 10.3. The third-order valence-electron chi connectivity index (χ3n) is 2.26. The van der Waals surface area contributed by atoms with E-state index in [0.717, 1.165) is 11.3 Å². The summed E-state index contributed by atoms with van der Waals surface area (Å²) in [5.74, 6) is 0. The zero-order chi connectivity index (χ0) is 11.4. The third kappa shape index (κ3) is 2.08. The van der Waals surface area contributed by atoms with Crippen LogP contribution < -0.4 is 0 Å². The van der Waals surface area contributed by atoms with Gasteiger partial charge in [-0.25, -0.2) is 0 Å². The smallest absolute Gasteiger partial charge is 0.0991 e. The summed E-state index contributed by atoms with van der Waals surface area (Å²) in [5.41, 5.74) is 2.88. The summed E-state index contributed by atoms with van der Waals surface area (Å²) in [6.45, 7) is -0.0776. The number of hydrogen-bond acceptors (Lipinski definition) is 3. The molecule has 0 radical (unpaired) electrons. The summed E-state index contributed by atoms with van der Waals surface area (Å²) in [5, 5.41) is 17.8. The van der Waals surface area contributed by atoms with Crippen LogP contribution in [0.4, 0.5) is 0 Å². The van der Waals surface area contributed by atoms with Crippen molar-refractivity contribution in [2.24, 2.45) is 0 Å². The van der Waals surface area contributed by atoms with Crippen LogP contribution in [0.1, 0.15) is 11.3 Å². The average molecular weight is 210 g/mol. The molecule has 1 aromatic carbocycles. The number of benzene rings is 1. The molecule has 2 rings (SSSR count). The van der Waals surface area contributed by atoms with Crippen LogP contribution in [-0.4, -0.2) is 10.1 Å². The average Bonchev–Trinajstić information content (AvgIpc) is 2.39. The van der Waals surface area contributed by atoms with Crippen molar-refractivity contribution in [3.8, 4) is 17.3 Å². The van der Waals surface area contributed by atoms with Crippen molar-refractivity contribution in [1.29, 1.82) is 5.26 Å². The largest absolute Gasteiger partial charge is 0.390 e. The second kappa shape index (κ2) is 4.56. The Morgan fingerprint density at radius 2 is 2.00 bits per heavy atom. The normalized spacial score (nSPS) is 9.75. The monoisotopic (exact) mass is 210 g/mol. The number of pyridine rings is 1. The second-order valence-corrected chi connectivity index (χ2v) is 3.36. The van der Waals surface area contributed by atoms with Crippen LogP contribution in [0.5, 0.6) is 0 Å². The fourth-order valence-corrected chi connectivity index (χ4v) is 1.48. The van der Waals surface area contributed by atoms with E-state index in [2.05, 4.69) is 11.1 Å². The van der Waals surface area contributed by atoms with E-state index >= 15 is 0 Å². The number of aliphatic hydroxyl groups is 1. The predicted molar refractivity (Wildman–Crippen MR) is 60.3 cm³/mol. The van der Waals surface area contributed by atoms with Gasteiger partial charge in [0.05, 0.1) is 29.6 Å². The Balaban J connectivity index is 2.46. The van der Waals surface area contributed by atoms with Gasteiger partial charge < -0.3 is 5.11 Å². The van der Waals surface area contributed by atoms with Crippen molar-refractivity contribution >= 4 is 0 Å². The zero-order valence-electron chi connectivity index (χ0n) is 8.59. The lowest BCUT2D eigenvalue weighted by molar-refractivity contribution is 0.277. The van der Waals surface area contributed by atoms with Crippen molar-refractivity contribution in [1.82, 2.24) is 4.98 Å². The summed E-state index contributed by atoms with van der Waals surface area (Å²) in [4.78, 5) is 4.28. The van der Waals surface area contributed by atoms with Crippen LogP contribution in [-0.2, 0) is 6.61 Å². The molecule has 3 nitrogen and oxygen atoms in total. The van der Waals surface area contributed by atoms with Gasteiger partial charge in [-0.05, 0) is 24.3 Å². The third-order valence-corrected chi connectivity index (χ3v) is 2.26. The van der Waals surface area contributed by atoms with Crippen LogP contribution >= 0.6 is 0 Å². The minimum absolute atomic E-state index is 0.0776. The van der Waals surface area contributed by atoms with Gasteiger partial charge in [-0.15, -0.1) is 0 Å². The van der Waals surface area contributed by atoms with Gasteiger partial charge in [0.15, 0.2) is 0 Å². The highest BCUT2D eigenvalue weighted by Gasteiger charge is 2.01. The summed E-state index contributed by atoms with van der Waals surface area (Å²) in [6, 6.07) is 14.8. The zero-order valence-corrected chi connectivity index (χ0v) is 8.59. The van der Waals surface area contributed by atoms with Crippen LogP contribution in [0.3, 0.4) is 0 Å². The Morgan fingerprint density at radius 1 is 1.19 bits per heavy atom. The highest BCUT2D eigenvalue weighted by Crippen LogP contribution is 2.18. The SMILES string of the molecule is N#Cc1cccc(-c2cccc(CO)n2)c1. The molecule has 0 aliphatic rings. The van der Waals surface area contributed by atoms with E-state index < -0.39 is 0 Å². The molecule has 0 atom stereocenters. The number of nitrogens with zero attached hydrogens (tertiary/aromatic N) is 2. The van der Waals surface area contributed by atoms with E-state index in [1.165, 1.54) is 0 Å². The van der Waals surface area contributed by atoms with E-state index in [1.54, 1.807) is 18.2 Å². The Morgan fingerprint density at radius 3 is 2.75 bits per heavy atom. The minimum atomic E-state index is -0.0776. The molecular weight excluding hydrogens is 200 g/mol. The van der Waals surface area contributed by atoms with Gasteiger partial charge in [0, 0.05) is 5.56 Å². The van der Waals surface area contributed by atoms with E-state index in [-0.39, 0.29) is 6.61 Å². The number of hydrogen-bond donors (Lipinski definition) is 1. The Hall–Kier alpha value is -2.18. The maximum atomic E-state index is 8.99. The lowest BCUT2D eigenvalue weighted by Crippen LogP contribution is -1.91. The molecule has 0 aliphatic heterocycles. The standard InChI is InChI=1S/C13H10N2O/c14-8-10-3-1-4-11(7-10)13-6-2-5-12(9-16)15-13/h1-7,16H,9H2. The van der Waals surface area contributed by atoms with Gasteiger partial charge in [-0.1, -0.05) is 18.2 Å². The molecule has 0 aliphatic carbocycles. The van der Waals surface area contributed by atoms with Crippen LogP contribution in [0.2, 0.25) is 0 Å². The first-order valence-corrected chi connectivity index (χ1v) is 4.91. The van der Waals surface area contributed by atoms with Gasteiger partial charge in [0.25, 0.3) is 0 Å². The lowest BCUT2D eigenvalue weighted by atomic mass is 10.1. The lowest BCUT2D eigenvalue weighted by Gasteiger charge is -2.02. The molecule has 0 spiro atoms. The quantitative estimate of drug-likeness (QED) is 0.825. The first-order chi connectivity index (χ1) is 7.83. The van der Waals surface area contributed by atoms with Gasteiger partial charge >= 0.3 is 0 Å². The van der Waals surface area contributed by atoms with Crippen LogP contribution in [0, 0.1) is 11.3 Å². The Kier molecular flexibility index (Phi) is 2.95. The number of nitriles is 1. The maximum absolute atomic E-state index is 8.99. The number of rotatable bonds is 2. The van der Waals surface area contributed by atoms with Crippen molar-refractivity contribution in [2.75, 3.05) is 0 Å². The maximum Gasteiger partial charge on any atom is 0.0991 e. The molecule has 3 heteroatoms. The van der Waals surface area contributed by atoms with Crippen molar-refractivity contribution in [3.63, 3.8) is 0 Å². The highest BCUT2D eigenvalue weighted by atomic mass is 16.3. The van der Waals surface area contributed by atoms with Gasteiger partial charge in [0.2, 0.25) is 0 Å². The van der Waals surface area contributed by atoms with Gasteiger partial charge in [-0.3, -0.25) is 4.98 Å². The molecule has 0 bridgehead atoms. The van der Waals surface area contributed by atoms with Crippen molar-refractivity contribution in [2.45, 2.75) is 6.61 Å². The summed E-state index contributed by atoms with van der Waals surface area (Å²) in [6.07, 6.45) is 0. The molecule has 0 saturated heterocycles. The predicted octanol–water partition coefficient (Wildman–Crippen LogP) is 2.11. The summed E-state index contributed by atoms with van der Waals surface area (Å²) in [7, 11) is 0. The van der Waals surface area contributed by atoms with E-state index in [9.17, 15) is 0 Å². The molecule has 1 heterocycles. The molecule has 2 aromatic rings. The molecule has 1 N–H and O–H groups in total. The molecule has 0 fully saturated rings.